The van der Waals surface area contributed by atoms with Crippen LogP contribution in [-0.2, 0) is 14.2 Å². The number of hydrogen-bond donors (Lipinski definition) is 1. The fourth-order valence-electron chi connectivity index (χ4n) is 3.62. The fourth-order valence-corrected chi connectivity index (χ4v) is 3.62. The summed E-state index contributed by atoms with van der Waals surface area (Å²) >= 11 is 0. The molecule has 4 atom stereocenters. The molecule has 3 aromatic rings. The molecule has 0 aliphatic carbocycles. The number of alkyl halides is 1. The Hall–Kier alpha value is -4.74. The minimum Gasteiger partial charge on any atom is -0.459 e. The van der Waals surface area contributed by atoms with Crippen molar-refractivity contribution in [1.29, 1.82) is 0 Å². The third-order valence-electron chi connectivity index (χ3n) is 5.33. The van der Waals surface area contributed by atoms with Gasteiger partial charge in [-0.2, -0.15) is 0 Å². The van der Waals surface area contributed by atoms with Crippen LogP contribution in [0.4, 0.5) is 4.39 Å². The molecule has 1 N–H and O–H groups in total. The molecule has 0 spiro atoms. The molecule has 12 nitrogen and oxygen atoms in total. The molecular weight excluding hydrogens is 477 g/mol. The number of halogens is 1. The first-order valence-corrected chi connectivity index (χ1v) is 10.5. The summed E-state index contributed by atoms with van der Waals surface area (Å²) in [7, 11) is 0. The van der Waals surface area contributed by atoms with Crippen molar-refractivity contribution in [2.45, 2.75) is 24.2 Å². The number of rotatable bonds is 7. The zero-order valence-electron chi connectivity index (χ0n) is 18.4. The van der Waals surface area contributed by atoms with Gasteiger partial charge in [-0.1, -0.05) is 41.5 Å². The van der Waals surface area contributed by atoms with E-state index in [1.54, 1.807) is 36.4 Å². The van der Waals surface area contributed by atoms with Crippen LogP contribution in [0.3, 0.4) is 0 Å². The standard InChI is InChI=1S/C23H18FN5O7/c24-17-18(35-21(32)15-9-5-2-6-10-15)23(27-28-25,13-34-20(31)14-7-3-1-4-8-14)36-19(17)29-12-11-16(30)26-22(29)33/h1-12,17-19H,13H2,(H,26,30,33)/t17-,18-,19+,23+/m0/s1. The number of esters is 2. The van der Waals surface area contributed by atoms with Crippen molar-refractivity contribution in [3.8, 4) is 0 Å². The molecule has 184 valence electrons. The van der Waals surface area contributed by atoms with E-state index in [2.05, 4.69) is 10.0 Å². The summed E-state index contributed by atoms with van der Waals surface area (Å²) in [5, 5.41) is 3.50. The number of aromatic amines is 1. The number of carbonyl (C=O) groups excluding carboxylic acids is 2. The predicted molar refractivity (Wildman–Crippen MR) is 121 cm³/mol. The second-order valence-electron chi connectivity index (χ2n) is 7.64. The highest BCUT2D eigenvalue weighted by atomic mass is 19.1. The topological polar surface area (TPSA) is 165 Å². The van der Waals surface area contributed by atoms with Gasteiger partial charge in [0.15, 0.2) is 18.5 Å². The van der Waals surface area contributed by atoms with E-state index in [4.69, 9.17) is 14.2 Å². The Labute approximate surface area is 201 Å². The van der Waals surface area contributed by atoms with Gasteiger partial charge in [0.2, 0.25) is 5.72 Å². The van der Waals surface area contributed by atoms with Crippen molar-refractivity contribution in [2.24, 2.45) is 5.11 Å². The minimum atomic E-state index is -2.39. The highest BCUT2D eigenvalue weighted by Gasteiger charge is 2.60. The Morgan fingerprint density at radius 3 is 2.25 bits per heavy atom. The number of benzene rings is 2. The molecule has 0 amide bonds. The molecule has 1 aliphatic rings. The Kier molecular flexibility index (Phi) is 6.95. The highest BCUT2D eigenvalue weighted by Crippen LogP contribution is 2.42. The number of H-pyrrole nitrogens is 1. The second kappa shape index (κ2) is 10.3. The third kappa shape index (κ3) is 4.87. The maximum Gasteiger partial charge on any atom is 0.338 e. The Morgan fingerprint density at radius 2 is 1.67 bits per heavy atom. The lowest BCUT2D eigenvalue weighted by Crippen LogP contribution is -2.47. The average Bonchev–Trinajstić information content (AvgIpc) is 3.15. The second-order valence-corrected chi connectivity index (χ2v) is 7.64. The number of aromatic nitrogens is 2. The lowest BCUT2D eigenvalue weighted by molar-refractivity contribution is -0.129. The van der Waals surface area contributed by atoms with Crippen LogP contribution in [0, 0.1) is 0 Å². The molecule has 1 aliphatic heterocycles. The van der Waals surface area contributed by atoms with Gasteiger partial charge < -0.3 is 14.2 Å². The lowest BCUT2D eigenvalue weighted by Gasteiger charge is -2.28. The Bertz CT molecular complexity index is 1420. The summed E-state index contributed by atoms with van der Waals surface area (Å²) in [6, 6.07) is 16.3. The van der Waals surface area contributed by atoms with Crippen molar-refractivity contribution in [3.63, 3.8) is 0 Å². The number of hydrogen-bond acceptors (Lipinski definition) is 8. The van der Waals surface area contributed by atoms with Crippen LogP contribution in [0.25, 0.3) is 10.4 Å². The molecule has 1 saturated heterocycles. The molecule has 0 unspecified atom stereocenters. The molecule has 2 heterocycles. The van der Waals surface area contributed by atoms with Crippen molar-refractivity contribution >= 4 is 11.9 Å². The van der Waals surface area contributed by atoms with Gasteiger partial charge in [-0.15, -0.1) is 0 Å². The van der Waals surface area contributed by atoms with Crippen molar-refractivity contribution in [2.75, 3.05) is 6.61 Å². The van der Waals surface area contributed by atoms with Gasteiger partial charge in [0, 0.05) is 17.2 Å². The molecular formula is C23H18FN5O7. The van der Waals surface area contributed by atoms with Gasteiger partial charge in [-0.05, 0) is 29.8 Å². The SMILES string of the molecule is [N-]=[N+]=N[C@]1(COC(=O)c2ccccc2)O[C@@H](n2ccc(=O)[nH]c2=O)[C@@H](F)[C@@H]1OC(=O)c1ccccc1. The number of carbonyl (C=O) groups is 2. The van der Waals surface area contributed by atoms with Crippen LogP contribution in [0.1, 0.15) is 26.9 Å². The molecule has 0 bridgehead atoms. The maximum absolute atomic E-state index is 15.8. The smallest absolute Gasteiger partial charge is 0.338 e. The van der Waals surface area contributed by atoms with E-state index >= 15 is 4.39 Å². The van der Waals surface area contributed by atoms with Crippen LogP contribution >= 0.6 is 0 Å². The third-order valence-corrected chi connectivity index (χ3v) is 5.33. The summed E-state index contributed by atoms with van der Waals surface area (Å²) in [4.78, 5) is 53.7. The lowest BCUT2D eigenvalue weighted by atomic mass is 10.1. The maximum atomic E-state index is 15.8. The van der Waals surface area contributed by atoms with Crippen LogP contribution < -0.4 is 11.2 Å². The quantitative estimate of drug-likeness (QED) is 0.227. The molecule has 1 aromatic heterocycles. The largest absolute Gasteiger partial charge is 0.459 e. The van der Waals surface area contributed by atoms with Crippen LogP contribution in [-0.4, -0.2) is 46.1 Å². The number of azide groups is 1. The van der Waals surface area contributed by atoms with Crippen LogP contribution in [0.5, 0.6) is 0 Å². The molecule has 2 aromatic carbocycles. The predicted octanol–water partition coefficient (Wildman–Crippen LogP) is 2.49. The Morgan fingerprint density at radius 1 is 1.06 bits per heavy atom. The van der Waals surface area contributed by atoms with Gasteiger partial charge in [0.1, 0.15) is 6.61 Å². The average molecular weight is 495 g/mol. The van der Waals surface area contributed by atoms with E-state index in [-0.39, 0.29) is 11.1 Å². The minimum absolute atomic E-state index is 0.0606. The monoisotopic (exact) mass is 495 g/mol. The van der Waals surface area contributed by atoms with Gasteiger partial charge in [0.05, 0.1) is 11.1 Å². The zero-order chi connectivity index (χ0) is 25.7. The molecule has 4 rings (SSSR count). The summed E-state index contributed by atoms with van der Waals surface area (Å²) in [5.41, 5.74) is 5.29. The number of nitrogens with one attached hydrogen (secondary N) is 1. The molecule has 1 fully saturated rings. The summed E-state index contributed by atoms with van der Waals surface area (Å²) < 4.78 is 32.7. The molecule has 13 heteroatoms. The highest BCUT2D eigenvalue weighted by molar-refractivity contribution is 5.90. The van der Waals surface area contributed by atoms with E-state index in [0.717, 1.165) is 12.3 Å². The number of nitrogens with zero attached hydrogens (tertiary/aromatic N) is 4. The molecule has 36 heavy (non-hydrogen) atoms. The normalized spacial score (nSPS) is 22.9. The van der Waals surface area contributed by atoms with Crippen molar-refractivity contribution < 1.29 is 28.2 Å². The van der Waals surface area contributed by atoms with Gasteiger partial charge in [-0.25, -0.2) is 18.8 Å². The summed E-state index contributed by atoms with van der Waals surface area (Å²) in [6.45, 7) is -0.855. The van der Waals surface area contributed by atoms with E-state index in [1.807, 2.05) is 4.98 Å². The van der Waals surface area contributed by atoms with Gasteiger partial charge >= 0.3 is 17.6 Å². The first kappa shape index (κ1) is 24.4. The number of ether oxygens (including phenoxy) is 3. The Balaban J connectivity index is 1.71. The van der Waals surface area contributed by atoms with E-state index in [1.165, 1.54) is 24.3 Å². The molecule has 0 saturated carbocycles. The fraction of sp³-hybridized carbons (Fsp3) is 0.217. The van der Waals surface area contributed by atoms with E-state index in [9.17, 15) is 24.7 Å². The van der Waals surface area contributed by atoms with Gasteiger partial charge in [-0.3, -0.25) is 14.3 Å². The summed E-state index contributed by atoms with van der Waals surface area (Å²) in [5.74, 6) is -1.83. The van der Waals surface area contributed by atoms with Crippen LogP contribution in [0.2, 0.25) is 0 Å². The van der Waals surface area contributed by atoms with Gasteiger partial charge in [0.25, 0.3) is 5.56 Å². The van der Waals surface area contributed by atoms with E-state index in [0.29, 0.717) is 4.57 Å². The first-order chi connectivity index (χ1) is 17.3. The first-order valence-electron chi connectivity index (χ1n) is 10.5. The van der Waals surface area contributed by atoms with E-state index < -0.39 is 54.0 Å². The summed E-state index contributed by atoms with van der Waals surface area (Å²) in [6.07, 6.45) is -5.05. The van der Waals surface area contributed by atoms with Crippen LogP contribution in [0.15, 0.2) is 87.6 Å². The van der Waals surface area contributed by atoms with Crippen molar-refractivity contribution in [1.82, 2.24) is 9.55 Å². The van der Waals surface area contributed by atoms with Crippen molar-refractivity contribution in [3.05, 3.63) is 115 Å². The zero-order valence-corrected chi connectivity index (χ0v) is 18.4. The molecule has 0 radical (unpaired) electrons.